The van der Waals surface area contributed by atoms with E-state index in [1.165, 1.54) is 19.3 Å². The highest BCUT2D eigenvalue weighted by molar-refractivity contribution is 7.13. The molecule has 2 rings (SSSR count). The predicted molar refractivity (Wildman–Crippen MR) is 54.1 cm³/mol. The summed E-state index contributed by atoms with van der Waals surface area (Å²) in [6.07, 6.45) is 3.91. The zero-order chi connectivity index (χ0) is 9.26. The first-order chi connectivity index (χ1) is 6.31. The molecule has 4 heteroatoms. The highest BCUT2D eigenvalue weighted by atomic mass is 32.1. The fourth-order valence-corrected chi connectivity index (χ4v) is 2.32. The van der Waals surface area contributed by atoms with Crippen molar-refractivity contribution in [3.05, 3.63) is 11.1 Å². The molecule has 0 unspecified atom stereocenters. The predicted octanol–water partition coefficient (Wildman–Crippen LogP) is 1.62. The highest BCUT2D eigenvalue weighted by Gasteiger charge is 2.23. The van der Waals surface area contributed by atoms with Crippen LogP contribution >= 0.6 is 11.3 Å². The Hall–Kier alpha value is -0.610. The quantitative estimate of drug-likeness (QED) is 0.802. The van der Waals surface area contributed by atoms with Crippen LogP contribution in [0.3, 0.4) is 0 Å². The molecule has 0 spiro atoms. The number of hydrogen-bond acceptors (Lipinski definition) is 4. The summed E-state index contributed by atoms with van der Waals surface area (Å²) in [4.78, 5) is 6.56. The van der Waals surface area contributed by atoms with Gasteiger partial charge >= 0.3 is 0 Å². The Labute approximate surface area is 82.0 Å². The minimum Gasteiger partial charge on any atom is -0.390 e. The van der Waals surface area contributed by atoms with Gasteiger partial charge in [0.05, 0.1) is 12.3 Å². The molecule has 0 saturated heterocycles. The SMILES string of the molecule is CN(c1nc(CO)cs1)C1CCC1. The fraction of sp³-hybridized carbons (Fsp3) is 0.667. The summed E-state index contributed by atoms with van der Waals surface area (Å²) in [5.41, 5.74) is 0.783. The van der Waals surface area contributed by atoms with Crippen LogP contribution in [0.1, 0.15) is 25.0 Å². The normalized spacial score (nSPS) is 17.1. The topological polar surface area (TPSA) is 36.4 Å². The van der Waals surface area contributed by atoms with Crippen molar-refractivity contribution in [3.63, 3.8) is 0 Å². The third-order valence-corrected chi connectivity index (χ3v) is 3.61. The summed E-state index contributed by atoms with van der Waals surface area (Å²) in [5.74, 6) is 0. The molecule has 0 bridgehead atoms. The maximum Gasteiger partial charge on any atom is 0.185 e. The van der Waals surface area contributed by atoms with Crippen molar-refractivity contribution in [1.82, 2.24) is 4.98 Å². The molecule has 0 radical (unpaired) electrons. The van der Waals surface area contributed by atoms with Crippen molar-refractivity contribution in [3.8, 4) is 0 Å². The second-order valence-corrected chi connectivity index (χ2v) is 4.31. The number of nitrogens with zero attached hydrogens (tertiary/aromatic N) is 2. The van der Waals surface area contributed by atoms with Crippen molar-refractivity contribution in [2.24, 2.45) is 0 Å². The Morgan fingerprint density at radius 2 is 2.46 bits per heavy atom. The van der Waals surface area contributed by atoms with E-state index in [0.717, 1.165) is 10.8 Å². The molecule has 1 heterocycles. The average molecular weight is 198 g/mol. The van der Waals surface area contributed by atoms with Gasteiger partial charge in [0.2, 0.25) is 0 Å². The van der Waals surface area contributed by atoms with Gasteiger partial charge in [-0.3, -0.25) is 0 Å². The van der Waals surface area contributed by atoms with Crippen LogP contribution in [0.15, 0.2) is 5.38 Å². The van der Waals surface area contributed by atoms with Gasteiger partial charge in [0.1, 0.15) is 0 Å². The summed E-state index contributed by atoms with van der Waals surface area (Å²) in [6.45, 7) is 0.0506. The molecule has 0 atom stereocenters. The van der Waals surface area contributed by atoms with Crippen molar-refractivity contribution in [2.45, 2.75) is 31.9 Å². The standard InChI is InChI=1S/C9H14N2OS/c1-11(8-3-2-4-8)9-10-7(5-12)6-13-9/h6,8,12H,2-5H2,1H3. The lowest BCUT2D eigenvalue weighted by Crippen LogP contribution is -2.37. The molecular formula is C9H14N2OS. The monoisotopic (exact) mass is 198 g/mol. The maximum absolute atomic E-state index is 8.87. The first kappa shape index (κ1) is 8.97. The zero-order valence-corrected chi connectivity index (χ0v) is 8.55. The molecule has 13 heavy (non-hydrogen) atoms. The Morgan fingerprint density at radius 1 is 1.69 bits per heavy atom. The minimum absolute atomic E-state index is 0.0506. The van der Waals surface area contributed by atoms with Crippen LogP contribution in [0.5, 0.6) is 0 Å². The molecule has 0 amide bonds. The second-order valence-electron chi connectivity index (χ2n) is 3.48. The lowest BCUT2D eigenvalue weighted by Gasteiger charge is -2.34. The van der Waals surface area contributed by atoms with Crippen LogP contribution < -0.4 is 4.90 Å². The van der Waals surface area contributed by atoms with Crippen LogP contribution in [-0.2, 0) is 6.61 Å². The van der Waals surface area contributed by atoms with E-state index in [1.54, 1.807) is 11.3 Å². The van der Waals surface area contributed by atoms with Crippen LogP contribution in [0, 0.1) is 0 Å². The van der Waals surface area contributed by atoms with Crippen molar-refractivity contribution >= 4 is 16.5 Å². The van der Waals surface area contributed by atoms with Gasteiger partial charge in [0.15, 0.2) is 5.13 Å². The summed E-state index contributed by atoms with van der Waals surface area (Å²) in [7, 11) is 2.09. The summed E-state index contributed by atoms with van der Waals surface area (Å²) < 4.78 is 0. The minimum atomic E-state index is 0.0506. The first-order valence-corrected chi connectivity index (χ1v) is 5.47. The molecule has 1 fully saturated rings. The van der Waals surface area contributed by atoms with Crippen molar-refractivity contribution in [1.29, 1.82) is 0 Å². The largest absolute Gasteiger partial charge is 0.390 e. The van der Waals surface area contributed by atoms with E-state index in [9.17, 15) is 0 Å². The number of aliphatic hydroxyl groups is 1. The van der Waals surface area contributed by atoms with Gasteiger partial charge in [0.25, 0.3) is 0 Å². The molecule has 3 nitrogen and oxygen atoms in total. The van der Waals surface area contributed by atoms with E-state index in [-0.39, 0.29) is 6.61 Å². The molecule has 1 N–H and O–H groups in total. The van der Waals surface area contributed by atoms with Crippen LogP contribution in [-0.4, -0.2) is 23.2 Å². The Morgan fingerprint density at radius 3 is 2.92 bits per heavy atom. The van der Waals surface area contributed by atoms with Gasteiger partial charge in [0, 0.05) is 18.5 Å². The Kier molecular flexibility index (Phi) is 2.51. The van der Waals surface area contributed by atoms with Gasteiger partial charge < -0.3 is 10.0 Å². The molecule has 1 aromatic rings. The van der Waals surface area contributed by atoms with Crippen molar-refractivity contribution < 1.29 is 5.11 Å². The molecule has 1 saturated carbocycles. The van der Waals surface area contributed by atoms with Crippen LogP contribution in [0.25, 0.3) is 0 Å². The third kappa shape index (κ3) is 1.69. The molecular weight excluding hydrogens is 184 g/mol. The molecule has 1 aliphatic rings. The van der Waals surface area contributed by atoms with Crippen LogP contribution in [0.4, 0.5) is 5.13 Å². The number of aromatic nitrogens is 1. The highest BCUT2D eigenvalue weighted by Crippen LogP contribution is 2.29. The summed E-state index contributed by atoms with van der Waals surface area (Å²) in [5, 5.41) is 11.8. The lowest BCUT2D eigenvalue weighted by atomic mass is 9.92. The second kappa shape index (κ2) is 3.64. The summed E-state index contributed by atoms with van der Waals surface area (Å²) in [6, 6.07) is 0.678. The van der Waals surface area contributed by atoms with E-state index in [2.05, 4.69) is 16.9 Å². The average Bonchev–Trinajstić information content (AvgIpc) is 2.48. The molecule has 0 aliphatic heterocycles. The number of hydrogen-bond donors (Lipinski definition) is 1. The first-order valence-electron chi connectivity index (χ1n) is 4.59. The van der Waals surface area contributed by atoms with Gasteiger partial charge in [-0.2, -0.15) is 0 Å². The smallest absolute Gasteiger partial charge is 0.185 e. The molecule has 72 valence electrons. The van der Waals surface area contributed by atoms with E-state index in [4.69, 9.17) is 5.11 Å². The van der Waals surface area contributed by atoms with Gasteiger partial charge in [-0.1, -0.05) is 0 Å². The lowest BCUT2D eigenvalue weighted by molar-refractivity contribution is 0.277. The Balaban J connectivity index is 2.05. The molecule has 1 aliphatic carbocycles. The van der Waals surface area contributed by atoms with Gasteiger partial charge in [-0.25, -0.2) is 4.98 Å². The number of thiazole rings is 1. The van der Waals surface area contributed by atoms with E-state index in [0.29, 0.717) is 6.04 Å². The zero-order valence-electron chi connectivity index (χ0n) is 7.73. The van der Waals surface area contributed by atoms with Gasteiger partial charge in [-0.15, -0.1) is 11.3 Å². The maximum atomic E-state index is 8.87. The number of anilines is 1. The number of aliphatic hydroxyl groups excluding tert-OH is 1. The fourth-order valence-electron chi connectivity index (χ4n) is 1.46. The van der Waals surface area contributed by atoms with E-state index < -0.39 is 0 Å². The van der Waals surface area contributed by atoms with Crippen molar-refractivity contribution in [2.75, 3.05) is 11.9 Å². The molecule has 0 aromatic carbocycles. The molecule has 1 aromatic heterocycles. The third-order valence-electron chi connectivity index (χ3n) is 2.63. The summed E-state index contributed by atoms with van der Waals surface area (Å²) >= 11 is 1.61. The van der Waals surface area contributed by atoms with Gasteiger partial charge in [-0.05, 0) is 19.3 Å². The van der Waals surface area contributed by atoms with Crippen LogP contribution in [0.2, 0.25) is 0 Å². The van der Waals surface area contributed by atoms with E-state index in [1.807, 2.05) is 5.38 Å². The Bertz CT molecular complexity index is 283. The van der Waals surface area contributed by atoms with E-state index >= 15 is 0 Å². The number of rotatable bonds is 3.